The van der Waals surface area contributed by atoms with Gasteiger partial charge in [-0.2, -0.15) is 0 Å². The molecule has 0 aliphatic heterocycles. The quantitative estimate of drug-likeness (QED) is 0.833. The summed E-state index contributed by atoms with van der Waals surface area (Å²) in [7, 11) is 0. The van der Waals surface area contributed by atoms with Crippen molar-refractivity contribution < 1.29 is 4.39 Å². The molecule has 1 heterocycles. The Morgan fingerprint density at radius 1 is 1.11 bits per heavy atom. The van der Waals surface area contributed by atoms with Gasteiger partial charge in [0.15, 0.2) is 0 Å². The van der Waals surface area contributed by atoms with Gasteiger partial charge in [0.2, 0.25) is 0 Å². The monoisotopic (exact) mass is 252 g/mol. The van der Waals surface area contributed by atoms with Crippen molar-refractivity contribution in [3.63, 3.8) is 0 Å². The lowest BCUT2D eigenvalue weighted by Crippen LogP contribution is -2.31. The van der Waals surface area contributed by atoms with E-state index in [1.54, 1.807) is 12.3 Å². The number of hydrogen-bond donors (Lipinski definition) is 1. The van der Waals surface area contributed by atoms with Gasteiger partial charge < -0.3 is 5.32 Å². The molecule has 0 saturated carbocycles. The Labute approximate surface area is 110 Å². The predicted molar refractivity (Wildman–Crippen MR) is 73.8 cm³/mol. The smallest absolute Gasteiger partial charge is 0.141 e. The first-order valence-corrected chi connectivity index (χ1v) is 6.75. The molecule has 0 radical (unpaired) electrons. The van der Waals surface area contributed by atoms with Gasteiger partial charge in [-0.25, -0.2) is 4.39 Å². The van der Waals surface area contributed by atoms with E-state index in [1.165, 1.54) is 6.20 Å². The van der Waals surface area contributed by atoms with Crippen LogP contribution in [-0.2, 0) is 0 Å². The minimum atomic E-state index is -0.273. The van der Waals surface area contributed by atoms with Crippen LogP contribution in [0.15, 0.2) is 18.5 Å². The Hall–Kier alpha value is -0.960. The van der Waals surface area contributed by atoms with E-state index in [4.69, 9.17) is 0 Å². The van der Waals surface area contributed by atoms with Crippen LogP contribution >= 0.6 is 0 Å². The summed E-state index contributed by atoms with van der Waals surface area (Å²) in [5.74, 6) is 1.66. The molecular weight excluding hydrogens is 227 g/mol. The number of nitrogens with zero attached hydrogens (tertiary/aromatic N) is 1. The molecule has 0 aliphatic rings. The molecule has 0 amide bonds. The molecule has 0 bridgehead atoms. The molecule has 0 fully saturated rings. The summed E-state index contributed by atoms with van der Waals surface area (Å²) >= 11 is 0. The van der Waals surface area contributed by atoms with Gasteiger partial charge in [0.05, 0.1) is 6.20 Å². The highest BCUT2D eigenvalue weighted by Gasteiger charge is 2.18. The molecule has 102 valence electrons. The summed E-state index contributed by atoms with van der Waals surface area (Å²) in [5.41, 5.74) is 0.904. The van der Waals surface area contributed by atoms with Crippen LogP contribution in [0.2, 0.25) is 0 Å². The van der Waals surface area contributed by atoms with Gasteiger partial charge in [-0.3, -0.25) is 4.98 Å². The number of hydrogen-bond acceptors (Lipinski definition) is 2. The maximum atomic E-state index is 13.1. The summed E-state index contributed by atoms with van der Waals surface area (Å²) in [5, 5.41) is 3.48. The first-order valence-electron chi connectivity index (χ1n) is 6.75. The second-order valence-electron chi connectivity index (χ2n) is 5.72. The molecule has 18 heavy (non-hydrogen) atoms. The lowest BCUT2D eigenvalue weighted by molar-refractivity contribution is 0.268. The molecule has 1 atom stereocenters. The van der Waals surface area contributed by atoms with Crippen LogP contribution in [0.4, 0.5) is 4.39 Å². The molecule has 3 heteroatoms. The lowest BCUT2D eigenvalue weighted by Gasteiger charge is -2.27. The van der Waals surface area contributed by atoms with Gasteiger partial charge in [-0.15, -0.1) is 0 Å². The van der Waals surface area contributed by atoms with E-state index >= 15 is 0 Å². The average molecular weight is 252 g/mol. The Morgan fingerprint density at radius 3 is 2.22 bits per heavy atom. The van der Waals surface area contributed by atoms with Crippen molar-refractivity contribution in [2.24, 2.45) is 17.8 Å². The van der Waals surface area contributed by atoms with Crippen LogP contribution in [0.25, 0.3) is 0 Å². The molecule has 0 saturated heterocycles. The standard InChI is InChI=1S/C15H25FN2/c1-10(2)15(11(3)4)9-18-12(5)13-6-14(16)8-17-7-13/h6-8,10-12,15,18H,9H2,1-5H3. The van der Waals surface area contributed by atoms with Gasteiger partial charge in [-0.1, -0.05) is 27.7 Å². The fraction of sp³-hybridized carbons (Fsp3) is 0.667. The molecule has 0 aromatic carbocycles. The maximum absolute atomic E-state index is 13.1. The zero-order valence-electron chi connectivity index (χ0n) is 12.1. The SMILES string of the molecule is CC(NCC(C(C)C)C(C)C)c1cncc(F)c1. The van der Waals surface area contributed by atoms with Gasteiger partial charge in [0.25, 0.3) is 0 Å². The van der Waals surface area contributed by atoms with Crippen LogP contribution in [0, 0.1) is 23.6 Å². The number of rotatable bonds is 6. The lowest BCUT2D eigenvalue weighted by atomic mass is 9.85. The molecule has 1 N–H and O–H groups in total. The van der Waals surface area contributed by atoms with E-state index in [-0.39, 0.29) is 11.9 Å². The molecule has 0 spiro atoms. The highest BCUT2D eigenvalue weighted by molar-refractivity contribution is 5.14. The third kappa shape index (κ3) is 4.37. The van der Waals surface area contributed by atoms with E-state index in [0.717, 1.165) is 12.1 Å². The Morgan fingerprint density at radius 2 is 1.72 bits per heavy atom. The van der Waals surface area contributed by atoms with Crippen molar-refractivity contribution in [3.05, 3.63) is 29.8 Å². The third-order valence-electron chi connectivity index (χ3n) is 3.60. The zero-order chi connectivity index (χ0) is 13.7. The first kappa shape index (κ1) is 15.1. The number of aromatic nitrogens is 1. The summed E-state index contributed by atoms with van der Waals surface area (Å²) in [6.45, 7) is 12.0. The van der Waals surface area contributed by atoms with Crippen molar-refractivity contribution in [2.45, 2.75) is 40.7 Å². The van der Waals surface area contributed by atoms with Gasteiger partial charge >= 0.3 is 0 Å². The first-order chi connectivity index (χ1) is 8.41. The van der Waals surface area contributed by atoms with E-state index in [2.05, 4.69) is 38.0 Å². The minimum Gasteiger partial charge on any atom is -0.310 e. The van der Waals surface area contributed by atoms with Crippen LogP contribution in [0.3, 0.4) is 0 Å². The maximum Gasteiger partial charge on any atom is 0.141 e. The van der Waals surface area contributed by atoms with Crippen molar-refractivity contribution in [3.8, 4) is 0 Å². The highest BCUT2D eigenvalue weighted by atomic mass is 19.1. The van der Waals surface area contributed by atoms with Crippen molar-refractivity contribution in [2.75, 3.05) is 6.54 Å². The fourth-order valence-corrected chi connectivity index (χ4v) is 2.34. The average Bonchev–Trinajstić information content (AvgIpc) is 2.28. The fourth-order valence-electron chi connectivity index (χ4n) is 2.34. The van der Waals surface area contributed by atoms with Crippen LogP contribution in [0.1, 0.15) is 46.2 Å². The van der Waals surface area contributed by atoms with E-state index in [1.807, 2.05) is 6.92 Å². The largest absolute Gasteiger partial charge is 0.310 e. The van der Waals surface area contributed by atoms with Crippen molar-refractivity contribution in [1.29, 1.82) is 0 Å². The van der Waals surface area contributed by atoms with Crippen LogP contribution < -0.4 is 5.32 Å². The van der Waals surface area contributed by atoms with Crippen molar-refractivity contribution >= 4 is 0 Å². The third-order valence-corrected chi connectivity index (χ3v) is 3.60. The normalized spacial score (nSPS) is 13.6. The summed E-state index contributed by atoms with van der Waals surface area (Å²) in [6, 6.07) is 1.68. The molecule has 1 aromatic rings. The predicted octanol–water partition coefficient (Wildman–Crippen LogP) is 3.80. The molecule has 1 rings (SSSR count). The highest BCUT2D eigenvalue weighted by Crippen LogP contribution is 2.21. The van der Waals surface area contributed by atoms with Crippen LogP contribution in [-0.4, -0.2) is 11.5 Å². The number of pyridine rings is 1. The Bertz CT molecular complexity index is 355. The van der Waals surface area contributed by atoms with E-state index < -0.39 is 0 Å². The summed E-state index contributed by atoms with van der Waals surface area (Å²) in [6.07, 6.45) is 2.96. The van der Waals surface area contributed by atoms with Gasteiger partial charge in [0.1, 0.15) is 5.82 Å². The van der Waals surface area contributed by atoms with Gasteiger partial charge in [0, 0.05) is 12.2 Å². The molecule has 2 nitrogen and oxygen atoms in total. The molecule has 0 aliphatic carbocycles. The second kappa shape index (κ2) is 6.83. The van der Waals surface area contributed by atoms with Gasteiger partial charge in [-0.05, 0) is 42.9 Å². The number of halogens is 1. The van der Waals surface area contributed by atoms with Crippen molar-refractivity contribution in [1.82, 2.24) is 10.3 Å². The Kier molecular flexibility index (Phi) is 5.73. The summed E-state index contributed by atoms with van der Waals surface area (Å²) < 4.78 is 13.1. The molecular formula is C15H25FN2. The van der Waals surface area contributed by atoms with E-state index in [0.29, 0.717) is 17.8 Å². The molecule has 1 aromatic heterocycles. The zero-order valence-corrected chi connectivity index (χ0v) is 12.1. The second-order valence-corrected chi connectivity index (χ2v) is 5.72. The van der Waals surface area contributed by atoms with Crippen LogP contribution in [0.5, 0.6) is 0 Å². The Balaban J connectivity index is 2.57. The summed E-state index contributed by atoms with van der Waals surface area (Å²) in [4.78, 5) is 3.89. The van der Waals surface area contributed by atoms with E-state index in [9.17, 15) is 4.39 Å². The minimum absolute atomic E-state index is 0.133. The number of nitrogens with one attached hydrogen (secondary N) is 1. The topological polar surface area (TPSA) is 24.9 Å². The molecule has 1 unspecified atom stereocenters.